The number of aromatic nitrogens is 2. The molecule has 1 aliphatic heterocycles. The number of piperidine rings is 1. The maximum Gasteiger partial charge on any atom is 0.436 e. The van der Waals surface area contributed by atoms with Crippen LogP contribution in [-0.4, -0.2) is 41.5 Å². The van der Waals surface area contributed by atoms with E-state index < -0.39 is 39.4 Å². The number of rotatable bonds is 5. The minimum atomic E-state index is -4.72. The molecule has 0 unspecified atom stereocenters. The van der Waals surface area contributed by atoms with E-state index in [0.717, 1.165) is 23.9 Å². The summed E-state index contributed by atoms with van der Waals surface area (Å²) < 4.78 is 66.2. The fourth-order valence-electron chi connectivity index (χ4n) is 3.16. The smallest absolute Gasteiger partial charge is 0.324 e. The molecule has 0 radical (unpaired) electrons. The van der Waals surface area contributed by atoms with Crippen molar-refractivity contribution in [1.82, 2.24) is 14.1 Å². The summed E-state index contributed by atoms with van der Waals surface area (Å²) in [5.41, 5.74) is -0.923. The van der Waals surface area contributed by atoms with Gasteiger partial charge < -0.3 is 5.32 Å². The van der Waals surface area contributed by atoms with Gasteiger partial charge in [-0.3, -0.25) is 9.48 Å². The zero-order valence-corrected chi connectivity index (χ0v) is 17.6. The molecule has 12 heteroatoms. The number of sulfonamides is 1. The summed E-state index contributed by atoms with van der Waals surface area (Å²) in [5, 5.41) is 5.33. The molecule has 30 heavy (non-hydrogen) atoms. The standard InChI is InChI=1S/C18H20ClF3N4O3S/c1-12-16(19)17(18(20,21)22)24-26(12)11-15(27)23-13-5-7-14(8-6-13)30(28,29)25-9-3-2-4-10-25/h5-8H,2-4,9-11H2,1H3,(H,23,27). The molecule has 0 spiro atoms. The van der Waals surface area contributed by atoms with Crippen molar-refractivity contribution in [3.8, 4) is 0 Å². The predicted octanol–water partition coefficient (Wildman–Crippen LogP) is 3.68. The fourth-order valence-corrected chi connectivity index (χ4v) is 4.92. The second-order valence-corrected chi connectivity index (χ2v) is 9.26. The van der Waals surface area contributed by atoms with Crippen molar-refractivity contribution in [2.24, 2.45) is 0 Å². The molecule has 2 aromatic rings. The minimum absolute atomic E-state index is 0.0158. The lowest BCUT2D eigenvalue weighted by atomic mass is 10.2. The van der Waals surface area contributed by atoms with Gasteiger partial charge in [0.05, 0.1) is 15.6 Å². The third-order valence-electron chi connectivity index (χ3n) is 4.79. The summed E-state index contributed by atoms with van der Waals surface area (Å²) in [6.45, 7) is 1.81. The van der Waals surface area contributed by atoms with Crippen LogP contribution in [0.5, 0.6) is 0 Å². The van der Waals surface area contributed by atoms with E-state index in [4.69, 9.17) is 11.6 Å². The Morgan fingerprint density at radius 3 is 2.30 bits per heavy atom. The molecule has 0 atom stereocenters. The number of hydrogen-bond donors (Lipinski definition) is 1. The van der Waals surface area contributed by atoms with Gasteiger partial charge in [-0.05, 0) is 44.0 Å². The van der Waals surface area contributed by atoms with Crippen LogP contribution in [0.3, 0.4) is 0 Å². The monoisotopic (exact) mass is 464 g/mol. The molecule has 164 valence electrons. The second-order valence-electron chi connectivity index (χ2n) is 6.94. The van der Waals surface area contributed by atoms with Crippen LogP contribution in [0.1, 0.15) is 30.7 Å². The summed E-state index contributed by atoms with van der Waals surface area (Å²) in [5.74, 6) is -0.627. The van der Waals surface area contributed by atoms with Gasteiger partial charge in [0.1, 0.15) is 6.54 Å². The van der Waals surface area contributed by atoms with Crippen molar-refractivity contribution >= 4 is 33.2 Å². The molecular formula is C18H20ClF3N4O3S. The van der Waals surface area contributed by atoms with E-state index in [1.807, 2.05) is 0 Å². The first-order valence-corrected chi connectivity index (χ1v) is 11.0. The van der Waals surface area contributed by atoms with Gasteiger partial charge in [-0.1, -0.05) is 18.0 Å². The molecule has 7 nitrogen and oxygen atoms in total. The molecule has 3 rings (SSSR count). The Kier molecular flexibility index (Phi) is 6.44. The Morgan fingerprint density at radius 1 is 1.17 bits per heavy atom. The normalized spacial score (nSPS) is 15.9. The average Bonchev–Trinajstić information content (AvgIpc) is 2.97. The van der Waals surface area contributed by atoms with E-state index in [-0.39, 0.29) is 10.6 Å². The van der Waals surface area contributed by atoms with Crippen molar-refractivity contribution < 1.29 is 26.4 Å². The summed E-state index contributed by atoms with van der Waals surface area (Å²) in [6.07, 6.45) is -2.08. The molecule has 1 N–H and O–H groups in total. The molecule has 2 heterocycles. The Morgan fingerprint density at radius 2 is 1.77 bits per heavy atom. The molecule has 0 saturated carbocycles. The van der Waals surface area contributed by atoms with E-state index in [1.54, 1.807) is 0 Å². The van der Waals surface area contributed by atoms with Crippen molar-refractivity contribution in [1.29, 1.82) is 0 Å². The average molecular weight is 465 g/mol. The topological polar surface area (TPSA) is 84.3 Å². The number of nitrogens with zero attached hydrogens (tertiary/aromatic N) is 3. The molecule has 1 aromatic heterocycles. The first kappa shape index (κ1) is 22.6. The van der Waals surface area contributed by atoms with Gasteiger partial charge in [0.25, 0.3) is 0 Å². The van der Waals surface area contributed by atoms with Crippen molar-refractivity contribution in [2.45, 2.75) is 43.8 Å². The largest absolute Gasteiger partial charge is 0.436 e. The van der Waals surface area contributed by atoms with E-state index >= 15 is 0 Å². The molecule has 0 aliphatic carbocycles. The van der Waals surface area contributed by atoms with Crippen LogP contribution < -0.4 is 5.32 Å². The van der Waals surface area contributed by atoms with Gasteiger partial charge >= 0.3 is 6.18 Å². The summed E-state index contributed by atoms with van der Waals surface area (Å²) in [6, 6.07) is 5.63. The lowest BCUT2D eigenvalue weighted by molar-refractivity contribution is -0.141. The number of carbonyl (C=O) groups excluding carboxylic acids is 1. The molecule has 1 saturated heterocycles. The molecule has 1 aromatic carbocycles. The maximum atomic E-state index is 12.9. The number of carbonyl (C=O) groups is 1. The van der Waals surface area contributed by atoms with E-state index in [9.17, 15) is 26.4 Å². The third-order valence-corrected chi connectivity index (χ3v) is 7.15. The van der Waals surface area contributed by atoms with Crippen LogP contribution >= 0.6 is 11.6 Å². The van der Waals surface area contributed by atoms with Crippen LogP contribution in [0.15, 0.2) is 29.2 Å². The number of anilines is 1. The second kappa shape index (κ2) is 8.56. The highest BCUT2D eigenvalue weighted by molar-refractivity contribution is 7.89. The highest BCUT2D eigenvalue weighted by Gasteiger charge is 2.38. The van der Waals surface area contributed by atoms with Crippen LogP contribution in [-0.2, 0) is 27.5 Å². The fraction of sp³-hybridized carbons (Fsp3) is 0.444. The first-order valence-electron chi connectivity index (χ1n) is 9.20. The quantitative estimate of drug-likeness (QED) is 0.731. The highest BCUT2D eigenvalue weighted by Crippen LogP contribution is 2.35. The zero-order chi connectivity index (χ0) is 22.1. The number of nitrogens with one attached hydrogen (secondary N) is 1. The van der Waals surface area contributed by atoms with Crippen LogP contribution in [0.2, 0.25) is 5.02 Å². The van der Waals surface area contributed by atoms with Crippen LogP contribution in [0.25, 0.3) is 0 Å². The SMILES string of the molecule is Cc1c(Cl)c(C(F)(F)F)nn1CC(=O)Nc1ccc(S(=O)(=O)N2CCCCC2)cc1. The first-order chi connectivity index (χ1) is 14.0. The highest BCUT2D eigenvalue weighted by atomic mass is 35.5. The maximum absolute atomic E-state index is 12.9. The van der Waals surface area contributed by atoms with E-state index in [1.165, 1.54) is 35.5 Å². The summed E-state index contributed by atoms with van der Waals surface area (Å²) >= 11 is 5.67. The summed E-state index contributed by atoms with van der Waals surface area (Å²) in [7, 11) is -3.59. The Balaban J connectivity index is 1.68. The van der Waals surface area contributed by atoms with E-state index in [2.05, 4.69) is 10.4 Å². The predicted molar refractivity (Wildman–Crippen MR) is 105 cm³/mol. The zero-order valence-electron chi connectivity index (χ0n) is 16.0. The molecular weight excluding hydrogens is 445 g/mol. The van der Waals surface area contributed by atoms with Gasteiger partial charge in [-0.2, -0.15) is 22.6 Å². The third kappa shape index (κ3) is 4.79. The van der Waals surface area contributed by atoms with Gasteiger partial charge in [-0.25, -0.2) is 8.42 Å². The molecule has 1 amide bonds. The Hall–Kier alpha value is -2.11. The van der Waals surface area contributed by atoms with Gasteiger partial charge in [-0.15, -0.1) is 0 Å². The van der Waals surface area contributed by atoms with Crippen LogP contribution in [0.4, 0.5) is 18.9 Å². The van der Waals surface area contributed by atoms with Gasteiger partial charge in [0, 0.05) is 18.8 Å². The summed E-state index contributed by atoms with van der Waals surface area (Å²) in [4.78, 5) is 12.3. The minimum Gasteiger partial charge on any atom is -0.324 e. The Bertz CT molecular complexity index is 1030. The van der Waals surface area contributed by atoms with Gasteiger partial charge in [0.2, 0.25) is 15.9 Å². The van der Waals surface area contributed by atoms with Crippen molar-refractivity contribution in [3.63, 3.8) is 0 Å². The van der Waals surface area contributed by atoms with Crippen molar-refractivity contribution in [3.05, 3.63) is 40.7 Å². The van der Waals surface area contributed by atoms with E-state index in [0.29, 0.717) is 18.8 Å². The molecule has 1 fully saturated rings. The number of hydrogen-bond acceptors (Lipinski definition) is 4. The van der Waals surface area contributed by atoms with Crippen LogP contribution in [0, 0.1) is 6.92 Å². The lowest BCUT2D eigenvalue weighted by Gasteiger charge is -2.25. The Labute approximate surface area is 176 Å². The number of amides is 1. The number of halogens is 4. The van der Waals surface area contributed by atoms with Crippen molar-refractivity contribution in [2.75, 3.05) is 18.4 Å². The molecule has 0 bridgehead atoms. The van der Waals surface area contributed by atoms with Gasteiger partial charge in [0.15, 0.2) is 5.69 Å². The molecule has 1 aliphatic rings. The number of benzene rings is 1. The lowest BCUT2D eigenvalue weighted by Crippen LogP contribution is -2.35. The number of alkyl halides is 3.